The van der Waals surface area contributed by atoms with Gasteiger partial charge in [0.15, 0.2) is 0 Å². The van der Waals surface area contributed by atoms with Gasteiger partial charge in [-0.15, -0.1) is 0 Å². The van der Waals surface area contributed by atoms with Crippen molar-refractivity contribution in [1.29, 1.82) is 0 Å². The molecule has 2 aromatic rings. The van der Waals surface area contributed by atoms with Crippen molar-refractivity contribution >= 4 is 34.3 Å². The fraction of sp³-hybridized carbons (Fsp3) is 0.250. The fourth-order valence-electron chi connectivity index (χ4n) is 1.92. The van der Waals surface area contributed by atoms with Crippen LogP contribution < -0.4 is 0 Å². The largest absolute Gasteiger partial charge is 0.392 e. The second kappa shape index (κ2) is 7.41. The Morgan fingerprint density at radius 2 is 1.75 bits per heavy atom. The molecule has 0 radical (unpaired) electrons. The van der Waals surface area contributed by atoms with Gasteiger partial charge in [-0.1, -0.05) is 41.6 Å². The summed E-state index contributed by atoms with van der Waals surface area (Å²) in [4.78, 5) is 2.32. The fourth-order valence-corrected chi connectivity index (χ4v) is 4.13. The molecule has 2 aromatic carbocycles. The Hall–Kier alpha value is -0.610. The molecule has 0 saturated heterocycles. The SMILES string of the molecule is C[S+](C)Cc1ccccc1Sc1ccc(Cl)cc1CO. The molecular weight excluding hydrogens is 308 g/mol. The minimum Gasteiger partial charge on any atom is -0.392 e. The van der Waals surface area contributed by atoms with Gasteiger partial charge in [-0.3, -0.25) is 0 Å². The summed E-state index contributed by atoms with van der Waals surface area (Å²) < 4.78 is 0. The highest BCUT2D eigenvalue weighted by Crippen LogP contribution is 2.34. The number of benzene rings is 2. The lowest BCUT2D eigenvalue weighted by atomic mass is 10.2. The summed E-state index contributed by atoms with van der Waals surface area (Å²) in [5.41, 5.74) is 2.24. The summed E-state index contributed by atoms with van der Waals surface area (Å²) in [5.74, 6) is 1.09. The van der Waals surface area contributed by atoms with E-state index in [1.165, 1.54) is 10.5 Å². The monoisotopic (exact) mass is 325 g/mol. The van der Waals surface area contributed by atoms with Crippen molar-refractivity contribution in [3.8, 4) is 0 Å². The topological polar surface area (TPSA) is 20.2 Å². The van der Waals surface area contributed by atoms with E-state index in [0.29, 0.717) is 15.9 Å². The molecule has 1 nitrogen and oxygen atoms in total. The number of aliphatic hydroxyl groups excluding tert-OH is 1. The number of hydrogen-bond acceptors (Lipinski definition) is 2. The first-order valence-electron chi connectivity index (χ1n) is 6.29. The number of hydrogen-bond donors (Lipinski definition) is 1. The minimum atomic E-state index is 0.0109. The van der Waals surface area contributed by atoms with Gasteiger partial charge in [-0.05, 0) is 40.7 Å². The summed E-state index contributed by atoms with van der Waals surface area (Å²) in [6.07, 6.45) is 4.51. The van der Waals surface area contributed by atoms with E-state index >= 15 is 0 Å². The van der Waals surface area contributed by atoms with Crippen LogP contribution in [0.2, 0.25) is 5.02 Å². The van der Waals surface area contributed by atoms with Crippen molar-refractivity contribution < 1.29 is 5.11 Å². The van der Waals surface area contributed by atoms with Gasteiger partial charge in [-0.25, -0.2) is 0 Å². The van der Waals surface area contributed by atoms with Crippen LogP contribution in [0.4, 0.5) is 0 Å². The molecule has 20 heavy (non-hydrogen) atoms. The quantitative estimate of drug-likeness (QED) is 0.824. The van der Waals surface area contributed by atoms with Crippen LogP contribution >= 0.6 is 23.4 Å². The standard InChI is InChI=1S/C16H18ClOS2/c1-20(2)11-12-5-3-4-6-15(12)19-16-8-7-14(17)9-13(16)10-18/h3-9,18H,10-11H2,1-2H3/q+1. The van der Waals surface area contributed by atoms with Gasteiger partial charge >= 0.3 is 0 Å². The lowest BCUT2D eigenvalue weighted by Crippen LogP contribution is -2.00. The van der Waals surface area contributed by atoms with E-state index in [-0.39, 0.29) is 6.61 Å². The van der Waals surface area contributed by atoms with Crippen molar-refractivity contribution in [3.05, 3.63) is 58.6 Å². The minimum absolute atomic E-state index is 0.0109. The number of halogens is 1. The molecule has 0 heterocycles. The van der Waals surface area contributed by atoms with Crippen molar-refractivity contribution in [2.45, 2.75) is 22.2 Å². The first-order valence-corrected chi connectivity index (χ1v) is 9.70. The molecule has 4 heteroatoms. The van der Waals surface area contributed by atoms with Crippen LogP contribution in [0.25, 0.3) is 0 Å². The van der Waals surface area contributed by atoms with Gasteiger partial charge in [0.05, 0.1) is 19.1 Å². The molecule has 0 amide bonds. The predicted octanol–water partition coefficient (Wildman–Crippen LogP) is 4.36. The van der Waals surface area contributed by atoms with Gasteiger partial charge in [0.25, 0.3) is 0 Å². The molecule has 0 aliphatic heterocycles. The van der Waals surface area contributed by atoms with Crippen LogP contribution in [0.15, 0.2) is 52.3 Å². The first-order chi connectivity index (χ1) is 9.60. The van der Waals surface area contributed by atoms with Gasteiger partial charge in [-0.2, -0.15) is 0 Å². The van der Waals surface area contributed by atoms with E-state index in [1.54, 1.807) is 11.8 Å². The van der Waals surface area contributed by atoms with Crippen LogP contribution in [0.3, 0.4) is 0 Å². The molecule has 0 unspecified atom stereocenters. The van der Waals surface area contributed by atoms with Crippen molar-refractivity contribution in [2.75, 3.05) is 12.5 Å². The lowest BCUT2D eigenvalue weighted by molar-refractivity contribution is 0.279. The molecule has 2 rings (SSSR count). The average molecular weight is 326 g/mol. The maximum atomic E-state index is 9.47. The second-order valence-corrected chi connectivity index (χ2v) is 8.53. The molecule has 0 bridgehead atoms. The normalized spacial score (nSPS) is 11.1. The average Bonchev–Trinajstić information content (AvgIpc) is 2.42. The summed E-state index contributed by atoms with van der Waals surface area (Å²) in [6.45, 7) is 0.0109. The van der Waals surface area contributed by atoms with Crippen LogP contribution in [0.5, 0.6) is 0 Å². The first kappa shape index (κ1) is 15.8. The van der Waals surface area contributed by atoms with Crippen molar-refractivity contribution in [1.82, 2.24) is 0 Å². The summed E-state index contributed by atoms with van der Waals surface area (Å²) in [5, 5.41) is 10.1. The predicted molar refractivity (Wildman–Crippen MR) is 90.9 cm³/mol. The zero-order chi connectivity index (χ0) is 14.5. The molecule has 0 atom stereocenters. The Bertz CT molecular complexity index is 584. The molecular formula is C16H18ClOS2+. The second-order valence-electron chi connectivity index (χ2n) is 4.75. The van der Waals surface area contributed by atoms with E-state index in [1.807, 2.05) is 18.2 Å². The van der Waals surface area contributed by atoms with E-state index in [2.05, 4.69) is 36.8 Å². The molecule has 1 N–H and O–H groups in total. The van der Waals surface area contributed by atoms with E-state index in [0.717, 1.165) is 16.2 Å². The lowest BCUT2D eigenvalue weighted by Gasteiger charge is -2.10. The third-order valence-corrected chi connectivity index (χ3v) is 5.19. The zero-order valence-electron chi connectivity index (χ0n) is 11.6. The molecule has 0 aromatic heterocycles. The number of aliphatic hydroxyl groups is 1. The highest BCUT2D eigenvalue weighted by molar-refractivity contribution is 7.99. The molecule has 106 valence electrons. The van der Waals surface area contributed by atoms with Crippen LogP contribution in [0.1, 0.15) is 11.1 Å². The van der Waals surface area contributed by atoms with Gasteiger partial charge in [0.1, 0.15) is 5.75 Å². The van der Waals surface area contributed by atoms with Crippen molar-refractivity contribution in [2.24, 2.45) is 0 Å². The highest BCUT2D eigenvalue weighted by Gasteiger charge is 2.12. The zero-order valence-corrected chi connectivity index (χ0v) is 14.0. The molecule has 0 fully saturated rings. The van der Waals surface area contributed by atoms with Gasteiger partial charge in [0.2, 0.25) is 0 Å². The van der Waals surface area contributed by atoms with E-state index in [9.17, 15) is 5.11 Å². The van der Waals surface area contributed by atoms with Crippen LogP contribution in [-0.2, 0) is 23.3 Å². The molecule has 0 aliphatic carbocycles. The van der Waals surface area contributed by atoms with E-state index < -0.39 is 0 Å². The highest BCUT2D eigenvalue weighted by atomic mass is 35.5. The summed E-state index contributed by atoms with van der Waals surface area (Å²) >= 11 is 7.68. The maximum absolute atomic E-state index is 9.47. The van der Waals surface area contributed by atoms with Gasteiger partial charge < -0.3 is 5.11 Å². The smallest absolute Gasteiger partial charge is 0.133 e. The van der Waals surface area contributed by atoms with Crippen molar-refractivity contribution in [3.63, 3.8) is 0 Å². The maximum Gasteiger partial charge on any atom is 0.133 e. The Labute approximate surface area is 132 Å². The van der Waals surface area contributed by atoms with Crippen LogP contribution in [0, 0.1) is 0 Å². The Morgan fingerprint density at radius 3 is 2.45 bits per heavy atom. The summed E-state index contributed by atoms with van der Waals surface area (Å²) in [7, 11) is 0.371. The van der Waals surface area contributed by atoms with Gasteiger partial charge in [0, 0.05) is 20.4 Å². The van der Waals surface area contributed by atoms with E-state index in [4.69, 9.17) is 11.6 Å². The molecule has 0 aliphatic rings. The number of rotatable bonds is 5. The molecule has 0 saturated carbocycles. The molecule has 0 spiro atoms. The third kappa shape index (κ3) is 4.19. The Balaban J connectivity index is 2.30. The van der Waals surface area contributed by atoms with Crippen LogP contribution in [-0.4, -0.2) is 17.6 Å². The Kier molecular flexibility index (Phi) is 5.85. The Morgan fingerprint density at radius 1 is 1.05 bits per heavy atom. The summed E-state index contributed by atoms with van der Waals surface area (Å²) in [6, 6.07) is 14.1. The third-order valence-electron chi connectivity index (χ3n) is 2.83.